The van der Waals surface area contributed by atoms with Crippen molar-refractivity contribution in [2.24, 2.45) is 0 Å². The number of benzene rings is 3. The molecule has 0 spiro atoms. The lowest BCUT2D eigenvalue weighted by Gasteiger charge is -2.12. The van der Waals surface area contributed by atoms with Crippen molar-refractivity contribution in [3.05, 3.63) is 77.6 Å². The van der Waals surface area contributed by atoms with E-state index in [1.54, 1.807) is 19.1 Å². The number of nitrogens with one attached hydrogen (secondary N) is 2. The first-order valence-electron chi connectivity index (χ1n) is 9.97. The molecule has 0 saturated carbocycles. The fourth-order valence-electron chi connectivity index (χ4n) is 3.13. The number of halogens is 1. The van der Waals surface area contributed by atoms with Crippen LogP contribution in [-0.2, 0) is 21.4 Å². The smallest absolute Gasteiger partial charge is 0.261 e. The number of sulfonamides is 1. The van der Waals surface area contributed by atoms with Gasteiger partial charge in [-0.05, 0) is 72.6 Å². The standard InChI is InChI=1S/C23H21FN2O6S/c1-15-10-19(33(28,29)26-18-5-3-17(24)4-6-18)7-9-20(15)30-13-23(27)25-12-16-2-8-21-22(11-16)32-14-31-21/h2-11,26H,12-14H2,1H3,(H,25,27). The zero-order valence-electron chi connectivity index (χ0n) is 17.6. The summed E-state index contributed by atoms with van der Waals surface area (Å²) in [7, 11) is -3.87. The third-order valence-corrected chi connectivity index (χ3v) is 6.22. The van der Waals surface area contributed by atoms with Crippen molar-refractivity contribution in [2.75, 3.05) is 18.1 Å². The number of hydrogen-bond acceptors (Lipinski definition) is 6. The van der Waals surface area contributed by atoms with E-state index in [0.29, 0.717) is 29.4 Å². The van der Waals surface area contributed by atoms with Gasteiger partial charge in [0.05, 0.1) is 4.90 Å². The summed E-state index contributed by atoms with van der Waals surface area (Å²) in [5, 5.41) is 2.75. The number of rotatable bonds is 8. The molecule has 10 heteroatoms. The molecule has 1 amide bonds. The zero-order chi connectivity index (χ0) is 23.4. The van der Waals surface area contributed by atoms with E-state index in [2.05, 4.69) is 10.0 Å². The topological polar surface area (TPSA) is 103 Å². The number of ether oxygens (including phenoxy) is 3. The highest BCUT2D eigenvalue weighted by molar-refractivity contribution is 7.92. The average Bonchev–Trinajstić information content (AvgIpc) is 3.26. The van der Waals surface area contributed by atoms with Crippen LogP contribution in [-0.4, -0.2) is 27.7 Å². The molecule has 172 valence electrons. The summed E-state index contributed by atoms with van der Waals surface area (Å²) in [6, 6.07) is 14.7. The van der Waals surface area contributed by atoms with Crippen LogP contribution in [0.4, 0.5) is 10.1 Å². The van der Waals surface area contributed by atoms with Crippen LogP contribution in [0.1, 0.15) is 11.1 Å². The van der Waals surface area contributed by atoms with Crippen molar-refractivity contribution in [2.45, 2.75) is 18.4 Å². The quantitative estimate of drug-likeness (QED) is 0.521. The first-order chi connectivity index (χ1) is 15.8. The highest BCUT2D eigenvalue weighted by Crippen LogP contribution is 2.32. The summed E-state index contributed by atoms with van der Waals surface area (Å²) in [5.74, 6) is 0.894. The molecular formula is C23H21FN2O6S. The minimum absolute atomic E-state index is 0.0175. The van der Waals surface area contributed by atoms with E-state index in [1.807, 2.05) is 6.07 Å². The highest BCUT2D eigenvalue weighted by Gasteiger charge is 2.17. The van der Waals surface area contributed by atoms with Crippen molar-refractivity contribution >= 4 is 21.6 Å². The van der Waals surface area contributed by atoms with Gasteiger partial charge in [-0.2, -0.15) is 0 Å². The molecule has 0 saturated heterocycles. The molecule has 4 rings (SSSR count). The summed E-state index contributed by atoms with van der Waals surface area (Å²) in [5.41, 5.74) is 1.64. The number of anilines is 1. The minimum atomic E-state index is -3.87. The van der Waals surface area contributed by atoms with E-state index in [-0.39, 0.29) is 29.9 Å². The van der Waals surface area contributed by atoms with Gasteiger partial charge in [-0.15, -0.1) is 0 Å². The lowest BCUT2D eigenvalue weighted by molar-refractivity contribution is -0.123. The van der Waals surface area contributed by atoms with Gasteiger partial charge in [0.25, 0.3) is 15.9 Å². The third-order valence-electron chi connectivity index (χ3n) is 4.84. The fourth-order valence-corrected chi connectivity index (χ4v) is 4.27. The zero-order valence-corrected chi connectivity index (χ0v) is 18.4. The summed E-state index contributed by atoms with van der Waals surface area (Å²) in [4.78, 5) is 12.2. The number of carbonyl (C=O) groups is 1. The van der Waals surface area contributed by atoms with Gasteiger partial charge >= 0.3 is 0 Å². The van der Waals surface area contributed by atoms with Crippen molar-refractivity contribution in [3.63, 3.8) is 0 Å². The van der Waals surface area contributed by atoms with Crippen LogP contribution in [0.25, 0.3) is 0 Å². The van der Waals surface area contributed by atoms with Gasteiger partial charge in [0.15, 0.2) is 18.1 Å². The van der Waals surface area contributed by atoms with Gasteiger partial charge in [-0.3, -0.25) is 9.52 Å². The van der Waals surface area contributed by atoms with Gasteiger partial charge in [0.2, 0.25) is 6.79 Å². The Morgan fingerprint density at radius 2 is 1.79 bits per heavy atom. The molecule has 33 heavy (non-hydrogen) atoms. The Hall–Kier alpha value is -3.79. The molecule has 0 aromatic heterocycles. The maximum Gasteiger partial charge on any atom is 0.261 e. The Morgan fingerprint density at radius 3 is 2.55 bits per heavy atom. The highest BCUT2D eigenvalue weighted by atomic mass is 32.2. The number of aryl methyl sites for hydroxylation is 1. The summed E-state index contributed by atoms with van der Waals surface area (Å²) >= 11 is 0. The molecule has 3 aromatic rings. The average molecular weight is 472 g/mol. The SMILES string of the molecule is Cc1cc(S(=O)(=O)Nc2ccc(F)cc2)ccc1OCC(=O)NCc1ccc2c(c1)OCO2. The number of hydrogen-bond donors (Lipinski definition) is 2. The Morgan fingerprint density at radius 1 is 1.03 bits per heavy atom. The first kappa shape index (κ1) is 22.4. The van der Waals surface area contributed by atoms with Gasteiger partial charge in [-0.1, -0.05) is 6.07 Å². The predicted molar refractivity (Wildman–Crippen MR) is 118 cm³/mol. The molecule has 0 unspecified atom stereocenters. The Bertz CT molecular complexity index is 1280. The van der Waals surface area contributed by atoms with Crippen molar-refractivity contribution in [3.8, 4) is 17.2 Å². The van der Waals surface area contributed by atoms with Crippen molar-refractivity contribution < 1.29 is 31.8 Å². The lowest BCUT2D eigenvalue weighted by Crippen LogP contribution is -2.28. The normalized spacial score (nSPS) is 12.3. The molecule has 0 atom stereocenters. The molecule has 0 bridgehead atoms. The largest absolute Gasteiger partial charge is 0.484 e. The molecule has 3 aromatic carbocycles. The predicted octanol–water partition coefficient (Wildman–Crippen LogP) is 3.36. The van der Waals surface area contributed by atoms with Crippen LogP contribution in [0, 0.1) is 12.7 Å². The van der Waals surface area contributed by atoms with E-state index in [4.69, 9.17) is 14.2 Å². The van der Waals surface area contributed by atoms with Crippen molar-refractivity contribution in [1.29, 1.82) is 0 Å². The molecular weight excluding hydrogens is 451 g/mol. The number of fused-ring (bicyclic) bond motifs is 1. The molecule has 8 nitrogen and oxygen atoms in total. The molecule has 1 heterocycles. The van der Waals surface area contributed by atoms with Gasteiger partial charge in [0.1, 0.15) is 11.6 Å². The van der Waals surface area contributed by atoms with Gasteiger partial charge in [0, 0.05) is 12.2 Å². The Labute approximate surface area is 190 Å². The summed E-state index contributed by atoms with van der Waals surface area (Å²) in [6.45, 7) is 1.92. The van der Waals surface area contributed by atoms with Gasteiger partial charge in [-0.25, -0.2) is 12.8 Å². The molecule has 0 radical (unpaired) electrons. The van der Waals surface area contributed by atoms with Crippen LogP contribution >= 0.6 is 0 Å². The summed E-state index contributed by atoms with van der Waals surface area (Å²) < 4.78 is 56.7. The Kier molecular flexibility index (Phi) is 6.36. The second-order valence-electron chi connectivity index (χ2n) is 7.29. The lowest BCUT2D eigenvalue weighted by atomic mass is 10.2. The molecule has 0 fully saturated rings. The van der Waals surface area contributed by atoms with E-state index >= 15 is 0 Å². The third kappa shape index (κ3) is 5.53. The van der Waals surface area contributed by atoms with E-state index in [1.165, 1.54) is 30.3 Å². The maximum atomic E-state index is 13.0. The molecule has 1 aliphatic rings. The van der Waals surface area contributed by atoms with Crippen LogP contribution in [0.3, 0.4) is 0 Å². The van der Waals surface area contributed by atoms with E-state index in [0.717, 1.165) is 17.7 Å². The molecule has 2 N–H and O–H groups in total. The maximum absolute atomic E-state index is 13.0. The van der Waals surface area contributed by atoms with Gasteiger partial charge < -0.3 is 19.5 Å². The second-order valence-corrected chi connectivity index (χ2v) is 8.98. The fraction of sp³-hybridized carbons (Fsp3) is 0.174. The Balaban J connectivity index is 1.32. The monoisotopic (exact) mass is 472 g/mol. The van der Waals surface area contributed by atoms with E-state index < -0.39 is 15.8 Å². The van der Waals surface area contributed by atoms with E-state index in [9.17, 15) is 17.6 Å². The van der Waals surface area contributed by atoms with Crippen LogP contribution < -0.4 is 24.2 Å². The van der Waals surface area contributed by atoms with Crippen LogP contribution in [0.2, 0.25) is 0 Å². The minimum Gasteiger partial charge on any atom is -0.484 e. The molecule has 1 aliphatic heterocycles. The van der Waals surface area contributed by atoms with Crippen molar-refractivity contribution in [1.82, 2.24) is 5.32 Å². The first-order valence-corrected chi connectivity index (χ1v) is 11.5. The second kappa shape index (κ2) is 9.37. The number of carbonyl (C=O) groups excluding carboxylic acids is 1. The number of amides is 1. The molecule has 0 aliphatic carbocycles. The van der Waals surface area contributed by atoms with Crippen LogP contribution in [0.15, 0.2) is 65.6 Å². The summed E-state index contributed by atoms with van der Waals surface area (Å²) in [6.07, 6.45) is 0. The van der Waals surface area contributed by atoms with Crippen LogP contribution in [0.5, 0.6) is 17.2 Å².